The van der Waals surface area contributed by atoms with Gasteiger partial charge in [-0.25, -0.2) is 0 Å². The number of fused-ring (bicyclic) bond motifs is 1. The number of amides is 1. The summed E-state index contributed by atoms with van der Waals surface area (Å²) >= 11 is 1.19. The second-order valence-corrected chi connectivity index (χ2v) is 8.03. The Hall–Kier alpha value is -2.60. The molecule has 0 spiro atoms. The Morgan fingerprint density at radius 1 is 1.11 bits per heavy atom. The van der Waals surface area contributed by atoms with E-state index in [9.17, 15) is 9.59 Å². The van der Waals surface area contributed by atoms with Crippen molar-refractivity contribution >= 4 is 33.1 Å². The molecular weight excluding hydrogens is 360 g/mol. The summed E-state index contributed by atoms with van der Waals surface area (Å²) in [4.78, 5) is 24.7. The van der Waals surface area contributed by atoms with E-state index in [1.807, 2.05) is 64.1 Å². The quantitative estimate of drug-likeness (QED) is 0.695. The Kier molecular flexibility index (Phi) is 5.37. The number of aromatic nitrogens is 1. The number of rotatable bonds is 5. The molecule has 1 heterocycles. The molecule has 0 aliphatic heterocycles. The molecule has 3 rings (SSSR count). The SMILES string of the molecule is Cc1ccc(C)c(O[C@H](C)C(=O)Nc2ccc3c(c2)sc(=O)n3C(C)C)c1. The van der Waals surface area contributed by atoms with Crippen molar-refractivity contribution in [2.75, 3.05) is 5.32 Å². The van der Waals surface area contributed by atoms with Crippen LogP contribution in [0.3, 0.4) is 0 Å². The van der Waals surface area contributed by atoms with Crippen molar-refractivity contribution in [2.45, 2.75) is 46.8 Å². The summed E-state index contributed by atoms with van der Waals surface area (Å²) in [5.74, 6) is 0.478. The number of nitrogens with zero attached hydrogens (tertiary/aromatic N) is 1. The highest BCUT2D eigenvalue weighted by Crippen LogP contribution is 2.25. The molecule has 0 bridgehead atoms. The molecule has 1 aromatic heterocycles. The summed E-state index contributed by atoms with van der Waals surface area (Å²) in [6, 6.07) is 11.5. The van der Waals surface area contributed by atoms with Crippen LogP contribution in [0.5, 0.6) is 5.75 Å². The first-order chi connectivity index (χ1) is 12.8. The average molecular weight is 385 g/mol. The van der Waals surface area contributed by atoms with Crippen molar-refractivity contribution in [3.05, 3.63) is 57.2 Å². The molecule has 27 heavy (non-hydrogen) atoms. The lowest BCUT2D eigenvalue weighted by molar-refractivity contribution is -0.122. The topological polar surface area (TPSA) is 60.3 Å². The van der Waals surface area contributed by atoms with Crippen molar-refractivity contribution in [2.24, 2.45) is 0 Å². The number of nitrogens with one attached hydrogen (secondary N) is 1. The van der Waals surface area contributed by atoms with Crippen LogP contribution in [0.4, 0.5) is 5.69 Å². The van der Waals surface area contributed by atoms with E-state index in [0.29, 0.717) is 11.4 Å². The fraction of sp³-hybridized carbons (Fsp3) is 0.333. The van der Waals surface area contributed by atoms with Crippen LogP contribution < -0.4 is 14.9 Å². The van der Waals surface area contributed by atoms with Crippen LogP contribution in [0.2, 0.25) is 0 Å². The van der Waals surface area contributed by atoms with Crippen LogP contribution in [0.25, 0.3) is 10.2 Å². The van der Waals surface area contributed by atoms with Gasteiger partial charge >= 0.3 is 4.87 Å². The van der Waals surface area contributed by atoms with Crippen LogP contribution in [0.1, 0.15) is 37.9 Å². The van der Waals surface area contributed by atoms with Crippen LogP contribution >= 0.6 is 11.3 Å². The summed E-state index contributed by atoms with van der Waals surface area (Å²) in [6.45, 7) is 9.63. The lowest BCUT2D eigenvalue weighted by Crippen LogP contribution is -2.30. The number of carbonyl (C=O) groups excluding carboxylic acids is 1. The first-order valence-electron chi connectivity index (χ1n) is 8.96. The van der Waals surface area contributed by atoms with Crippen molar-refractivity contribution < 1.29 is 9.53 Å². The number of thiazole rings is 1. The number of ether oxygens (including phenoxy) is 1. The second-order valence-electron chi connectivity index (χ2n) is 7.03. The Labute approximate surface area is 162 Å². The fourth-order valence-corrected chi connectivity index (χ4v) is 3.98. The standard InChI is InChI=1S/C21H24N2O3S/c1-12(2)23-17-9-8-16(11-19(17)27-21(23)25)22-20(24)15(5)26-18-10-13(3)6-7-14(18)4/h6-12,15H,1-5H3,(H,22,24)/t15-/m1/s1. The predicted molar refractivity (Wildman–Crippen MR) is 111 cm³/mol. The summed E-state index contributed by atoms with van der Waals surface area (Å²) in [5.41, 5.74) is 3.61. The van der Waals surface area contributed by atoms with Crippen LogP contribution in [0.15, 0.2) is 41.2 Å². The molecule has 0 unspecified atom stereocenters. The van der Waals surface area contributed by atoms with E-state index in [2.05, 4.69) is 5.32 Å². The lowest BCUT2D eigenvalue weighted by atomic mass is 10.1. The maximum Gasteiger partial charge on any atom is 0.308 e. The molecule has 6 heteroatoms. The molecule has 0 aliphatic rings. The van der Waals surface area contributed by atoms with Gasteiger partial charge in [0.25, 0.3) is 5.91 Å². The second kappa shape index (κ2) is 7.56. The summed E-state index contributed by atoms with van der Waals surface area (Å²) in [6.07, 6.45) is -0.639. The molecule has 1 amide bonds. The monoisotopic (exact) mass is 384 g/mol. The maximum absolute atomic E-state index is 12.5. The van der Waals surface area contributed by atoms with Gasteiger partial charge in [0.05, 0.1) is 10.2 Å². The minimum Gasteiger partial charge on any atom is -0.481 e. The van der Waals surface area contributed by atoms with E-state index < -0.39 is 6.10 Å². The Bertz CT molecular complexity index is 1050. The minimum atomic E-state index is -0.639. The van der Waals surface area contributed by atoms with E-state index in [-0.39, 0.29) is 16.8 Å². The van der Waals surface area contributed by atoms with E-state index >= 15 is 0 Å². The molecule has 142 valence electrons. The lowest BCUT2D eigenvalue weighted by Gasteiger charge is -2.17. The molecule has 3 aromatic rings. The highest BCUT2D eigenvalue weighted by atomic mass is 32.1. The molecule has 1 atom stereocenters. The van der Waals surface area contributed by atoms with E-state index in [1.165, 1.54) is 11.3 Å². The molecular formula is C21H24N2O3S. The first kappa shape index (κ1) is 19.2. The van der Waals surface area contributed by atoms with Crippen molar-refractivity contribution in [3.8, 4) is 5.75 Å². The van der Waals surface area contributed by atoms with E-state index in [4.69, 9.17) is 4.74 Å². The highest BCUT2D eigenvalue weighted by Gasteiger charge is 2.17. The third-order valence-electron chi connectivity index (χ3n) is 4.41. The number of carbonyl (C=O) groups is 1. The van der Waals surface area contributed by atoms with Crippen LogP contribution in [0, 0.1) is 13.8 Å². The predicted octanol–water partition coefficient (Wildman–Crippen LogP) is 4.67. The van der Waals surface area contributed by atoms with E-state index in [0.717, 1.165) is 21.3 Å². The van der Waals surface area contributed by atoms with Crippen molar-refractivity contribution in [1.29, 1.82) is 0 Å². The van der Waals surface area contributed by atoms with Gasteiger partial charge in [0, 0.05) is 11.7 Å². The third kappa shape index (κ3) is 4.06. The van der Waals surface area contributed by atoms with Gasteiger partial charge in [0.15, 0.2) is 6.10 Å². The van der Waals surface area contributed by atoms with Gasteiger partial charge < -0.3 is 10.1 Å². The summed E-state index contributed by atoms with van der Waals surface area (Å²) in [7, 11) is 0. The number of hydrogen-bond acceptors (Lipinski definition) is 4. The van der Waals surface area contributed by atoms with E-state index in [1.54, 1.807) is 11.5 Å². The Morgan fingerprint density at radius 3 is 2.56 bits per heavy atom. The van der Waals surface area contributed by atoms with Gasteiger partial charge in [0.1, 0.15) is 5.75 Å². The Balaban J connectivity index is 1.77. The summed E-state index contributed by atoms with van der Waals surface area (Å²) in [5, 5.41) is 2.88. The van der Waals surface area contributed by atoms with Crippen molar-refractivity contribution in [1.82, 2.24) is 4.57 Å². The summed E-state index contributed by atoms with van der Waals surface area (Å²) < 4.78 is 8.46. The van der Waals surface area contributed by atoms with Crippen molar-refractivity contribution in [3.63, 3.8) is 0 Å². The third-order valence-corrected chi connectivity index (χ3v) is 5.33. The fourth-order valence-electron chi connectivity index (χ4n) is 2.93. The van der Waals surface area contributed by atoms with Gasteiger partial charge in [-0.15, -0.1) is 0 Å². The molecule has 0 radical (unpaired) electrons. The largest absolute Gasteiger partial charge is 0.481 e. The number of hydrogen-bond donors (Lipinski definition) is 1. The van der Waals surface area contributed by atoms with Crippen LogP contribution in [-0.4, -0.2) is 16.6 Å². The molecule has 0 saturated carbocycles. The number of aryl methyl sites for hydroxylation is 2. The zero-order valence-electron chi connectivity index (χ0n) is 16.2. The molecule has 1 N–H and O–H groups in total. The van der Waals surface area contributed by atoms with Gasteiger partial charge in [0.2, 0.25) is 0 Å². The van der Waals surface area contributed by atoms with Gasteiger partial charge in [-0.2, -0.15) is 0 Å². The molecule has 0 aliphatic carbocycles. The smallest absolute Gasteiger partial charge is 0.308 e. The van der Waals surface area contributed by atoms with Gasteiger partial charge in [-0.3, -0.25) is 14.2 Å². The Morgan fingerprint density at radius 2 is 1.85 bits per heavy atom. The molecule has 2 aromatic carbocycles. The molecule has 5 nitrogen and oxygen atoms in total. The average Bonchev–Trinajstić information content (AvgIpc) is 2.93. The zero-order chi connectivity index (χ0) is 19.7. The van der Waals surface area contributed by atoms with Crippen LogP contribution in [-0.2, 0) is 4.79 Å². The number of anilines is 1. The minimum absolute atomic E-state index is 0.00935. The van der Waals surface area contributed by atoms with Gasteiger partial charge in [-0.1, -0.05) is 23.5 Å². The first-order valence-corrected chi connectivity index (χ1v) is 9.78. The maximum atomic E-state index is 12.5. The molecule has 0 saturated heterocycles. The zero-order valence-corrected chi connectivity index (χ0v) is 17.0. The number of benzene rings is 2. The van der Waals surface area contributed by atoms with Gasteiger partial charge in [-0.05, 0) is 70.0 Å². The highest BCUT2D eigenvalue weighted by molar-refractivity contribution is 7.16. The normalized spacial score (nSPS) is 12.4. The molecule has 0 fully saturated rings.